The van der Waals surface area contributed by atoms with E-state index in [0.717, 1.165) is 33.5 Å². The number of nitrogens with zero attached hydrogens (tertiary/aromatic N) is 2. The molecule has 1 N–H and O–H groups in total. The minimum Gasteiger partial charge on any atom is -0.748 e. The summed E-state index contributed by atoms with van der Waals surface area (Å²) in [6.45, 7) is 6.27. The van der Waals surface area contributed by atoms with Gasteiger partial charge in [-0.25, -0.2) is 8.42 Å². The van der Waals surface area contributed by atoms with Crippen LogP contribution >= 0.6 is 0 Å². The first-order chi connectivity index (χ1) is 23.2. The van der Waals surface area contributed by atoms with E-state index in [1.807, 2.05) is 66.7 Å². The van der Waals surface area contributed by atoms with Crippen molar-refractivity contribution < 1.29 is 27.1 Å². The molecule has 0 aliphatic rings. The van der Waals surface area contributed by atoms with Gasteiger partial charge in [-0.15, -0.1) is 0 Å². The van der Waals surface area contributed by atoms with Crippen LogP contribution in [0.15, 0.2) is 108 Å². The van der Waals surface area contributed by atoms with E-state index in [9.17, 15) is 22.6 Å². The number of benzene rings is 4. The van der Waals surface area contributed by atoms with E-state index in [1.165, 1.54) is 5.56 Å². The Morgan fingerprint density at radius 1 is 0.837 bits per heavy atom. The Hall–Kier alpha value is -5.06. The average Bonchev–Trinajstić information content (AvgIpc) is 3.56. The molecule has 0 bridgehead atoms. The van der Waals surface area contributed by atoms with Crippen LogP contribution in [0.4, 0.5) is 0 Å². The fraction of sp³-hybridized carbons (Fsp3) is 0.256. The maximum atomic E-state index is 12.5. The molecular weight excluding hydrogens is 639 g/mol. The normalized spacial score (nSPS) is 12.4. The molecule has 0 aliphatic heterocycles. The van der Waals surface area contributed by atoms with Crippen molar-refractivity contribution in [2.24, 2.45) is 0 Å². The maximum absolute atomic E-state index is 12.5. The van der Waals surface area contributed by atoms with Gasteiger partial charge in [-0.1, -0.05) is 92.7 Å². The molecular formula is C39H40N3O6S-. The number of carbonyl (C=O) groups is 2. The Bertz CT molecular complexity index is 2030. The predicted octanol–water partition coefficient (Wildman–Crippen LogP) is 6.66. The van der Waals surface area contributed by atoms with E-state index in [-0.39, 0.29) is 23.8 Å². The van der Waals surface area contributed by atoms with Gasteiger partial charge in [-0.05, 0) is 70.0 Å². The molecule has 254 valence electrons. The van der Waals surface area contributed by atoms with Gasteiger partial charge in [0.05, 0.1) is 21.6 Å². The second-order valence-electron chi connectivity index (χ2n) is 13.3. The summed E-state index contributed by atoms with van der Waals surface area (Å²) in [5.74, 6) is -0.697. The second kappa shape index (κ2) is 14.6. The number of carbonyl (C=O) groups excluding carboxylic acids is 2. The number of nitrogens with one attached hydrogen (secondary N) is 1. The highest BCUT2D eigenvalue weighted by Crippen LogP contribution is 2.34. The summed E-state index contributed by atoms with van der Waals surface area (Å²) in [6.07, 6.45) is 0.579. The average molecular weight is 679 g/mol. The zero-order valence-corrected chi connectivity index (χ0v) is 29.1. The van der Waals surface area contributed by atoms with Crippen molar-refractivity contribution in [2.75, 3.05) is 26.4 Å². The number of aromatic nitrogens is 1. The quantitative estimate of drug-likeness (QED) is 0.155. The van der Waals surface area contributed by atoms with E-state index in [2.05, 4.69) is 55.5 Å². The highest BCUT2D eigenvalue weighted by atomic mass is 32.2. The van der Waals surface area contributed by atoms with Gasteiger partial charge in [0, 0.05) is 49.3 Å². The first-order valence-electron chi connectivity index (χ1n) is 16.0. The number of rotatable bonds is 11. The van der Waals surface area contributed by atoms with Crippen molar-refractivity contribution in [1.29, 1.82) is 0 Å². The van der Waals surface area contributed by atoms with Crippen LogP contribution in [0.1, 0.15) is 69.8 Å². The second-order valence-corrected chi connectivity index (χ2v) is 14.8. The van der Waals surface area contributed by atoms with Gasteiger partial charge in [-0.2, -0.15) is 0 Å². The molecule has 0 fully saturated rings. The van der Waals surface area contributed by atoms with Crippen molar-refractivity contribution in [2.45, 2.75) is 38.5 Å². The Kier molecular flexibility index (Phi) is 10.5. The molecule has 0 aliphatic carbocycles. The van der Waals surface area contributed by atoms with Crippen molar-refractivity contribution in [3.63, 3.8) is 0 Å². The van der Waals surface area contributed by atoms with E-state index in [1.54, 1.807) is 31.1 Å². The Morgan fingerprint density at radius 3 is 2.08 bits per heavy atom. The lowest BCUT2D eigenvalue weighted by atomic mass is 9.83. The molecule has 49 heavy (non-hydrogen) atoms. The van der Waals surface area contributed by atoms with E-state index < -0.39 is 21.8 Å². The molecule has 1 atom stereocenters. The molecule has 5 aromatic rings. The molecule has 1 heterocycles. The van der Waals surface area contributed by atoms with Crippen LogP contribution in [0, 0.1) is 0 Å². The zero-order valence-electron chi connectivity index (χ0n) is 28.3. The molecule has 10 heteroatoms. The molecule has 2 amide bonds. The predicted molar refractivity (Wildman–Crippen MR) is 189 cm³/mol. The SMILES string of the molecule is CN(C)C(=O)c1ccc(-c2cccc(-c3cc(C(Cc4ccc(C(=O)NCCS(=O)(=O)[O-])cc4)c4ccc(C(C)(C)C)cc4)no3)c2)cc1. The van der Waals surface area contributed by atoms with Crippen LogP contribution in [0.3, 0.4) is 0 Å². The van der Waals surface area contributed by atoms with Crippen LogP contribution in [-0.4, -0.2) is 61.2 Å². The van der Waals surface area contributed by atoms with E-state index in [4.69, 9.17) is 4.52 Å². The van der Waals surface area contributed by atoms with Crippen LogP contribution < -0.4 is 5.32 Å². The fourth-order valence-corrected chi connectivity index (χ4v) is 5.88. The molecule has 0 saturated heterocycles. The van der Waals surface area contributed by atoms with Gasteiger partial charge in [0.2, 0.25) is 0 Å². The summed E-state index contributed by atoms with van der Waals surface area (Å²) in [5, 5.41) is 7.00. The molecule has 1 aromatic heterocycles. The molecule has 9 nitrogen and oxygen atoms in total. The topological polar surface area (TPSA) is 133 Å². The lowest BCUT2D eigenvalue weighted by molar-refractivity contribution is 0.0827. The van der Waals surface area contributed by atoms with Gasteiger partial charge in [-0.3, -0.25) is 9.59 Å². The van der Waals surface area contributed by atoms with Gasteiger partial charge in [0.25, 0.3) is 11.8 Å². The molecule has 4 aromatic carbocycles. The summed E-state index contributed by atoms with van der Waals surface area (Å²) in [6, 6.07) is 33.1. The summed E-state index contributed by atoms with van der Waals surface area (Å²) < 4.78 is 38.5. The van der Waals surface area contributed by atoms with Gasteiger partial charge < -0.3 is 19.3 Å². The number of hydrogen-bond donors (Lipinski definition) is 1. The third kappa shape index (κ3) is 9.10. The third-order valence-electron chi connectivity index (χ3n) is 8.38. The Morgan fingerprint density at radius 2 is 1.47 bits per heavy atom. The minimum atomic E-state index is -4.41. The molecule has 0 radical (unpaired) electrons. The van der Waals surface area contributed by atoms with Crippen LogP contribution in [-0.2, 0) is 22.0 Å². The van der Waals surface area contributed by atoms with Gasteiger partial charge >= 0.3 is 0 Å². The fourth-order valence-electron chi connectivity index (χ4n) is 5.53. The van der Waals surface area contributed by atoms with Crippen LogP contribution in [0.2, 0.25) is 0 Å². The Balaban J connectivity index is 1.40. The zero-order chi connectivity index (χ0) is 35.3. The standard InChI is InChI=1S/C39H41N3O6S/c1-39(2,3)33-19-17-28(18-20-33)34(23-26-9-11-29(12-10-26)37(43)40-21-22-49(45,46)47)35-25-36(48-41-35)32-8-6-7-31(24-32)27-13-15-30(16-14-27)38(44)42(4)5/h6-20,24-25,34H,21-23H2,1-5H3,(H,40,43)(H,45,46,47)/p-1. The lowest BCUT2D eigenvalue weighted by Gasteiger charge is -2.21. The lowest BCUT2D eigenvalue weighted by Crippen LogP contribution is -2.28. The summed E-state index contributed by atoms with van der Waals surface area (Å²) >= 11 is 0. The number of hydrogen-bond acceptors (Lipinski definition) is 7. The first kappa shape index (κ1) is 35.3. The molecule has 0 spiro atoms. The van der Waals surface area contributed by atoms with E-state index in [0.29, 0.717) is 23.3 Å². The smallest absolute Gasteiger partial charge is 0.253 e. The highest BCUT2D eigenvalue weighted by Gasteiger charge is 2.22. The summed E-state index contributed by atoms with van der Waals surface area (Å²) in [7, 11) is -0.954. The van der Waals surface area contributed by atoms with Crippen LogP contribution in [0.25, 0.3) is 22.5 Å². The van der Waals surface area contributed by atoms with E-state index >= 15 is 0 Å². The van der Waals surface area contributed by atoms with Crippen molar-refractivity contribution in [3.05, 3.63) is 137 Å². The largest absolute Gasteiger partial charge is 0.748 e. The van der Waals surface area contributed by atoms with Crippen molar-refractivity contribution >= 4 is 21.9 Å². The maximum Gasteiger partial charge on any atom is 0.253 e. The summed E-state index contributed by atoms with van der Waals surface area (Å²) in [5.41, 5.74) is 7.80. The first-order valence-corrected chi connectivity index (χ1v) is 17.6. The summed E-state index contributed by atoms with van der Waals surface area (Å²) in [4.78, 5) is 26.4. The molecule has 0 saturated carbocycles. The van der Waals surface area contributed by atoms with Gasteiger partial charge in [0.1, 0.15) is 0 Å². The van der Waals surface area contributed by atoms with Gasteiger partial charge in [0.15, 0.2) is 5.76 Å². The van der Waals surface area contributed by atoms with Crippen LogP contribution in [0.5, 0.6) is 0 Å². The van der Waals surface area contributed by atoms with Crippen molar-refractivity contribution in [1.82, 2.24) is 15.4 Å². The number of amides is 2. The van der Waals surface area contributed by atoms with Crippen molar-refractivity contribution in [3.8, 4) is 22.5 Å². The monoisotopic (exact) mass is 678 g/mol. The third-order valence-corrected chi connectivity index (χ3v) is 9.08. The minimum absolute atomic E-state index is 0.00339. The highest BCUT2D eigenvalue weighted by molar-refractivity contribution is 7.85. The molecule has 5 rings (SSSR count). The molecule has 1 unspecified atom stereocenters. The Labute approximate surface area is 287 Å².